The molecule has 17 heavy (non-hydrogen) atoms. The standard InChI is InChI=1S/C13H20ClNO2/c1-8(2)15(7-6-14)13(16)12-9(3)10(4)17-11(12)5/h8H,6-7H2,1-5H3. The first-order chi connectivity index (χ1) is 7.90. The Morgan fingerprint density at radius 2 is 1.88 bits per heavy atom. The van der Waals surface area contributed by atoms with E-state index in [0.717, 1.165) is 11.3 Å². The summed E-state index contributed by atoms with van der Waals surface area (Å²) >= 11 is 5.74. The van der Waals surface area contributed by atoms with Crippen LogP contribution < -0.4 is 0 Å². The molecule has 0 bridgehead atoms. The molecule has 0 saturated carbocycles. The fraction of sp³-hybridized carbons (Fsp3) is 0.615. The van der Waals surface area contributed by atoms with Gasteiger partial charge in [0.15, 0.2) is 0 Å². The molecule has 96 valence electrons. The topological polar surface area (TPSA) is 33.5 Å². The Labute approximate surface area is 108 Å². The quantitative estimate of drug-likeness (QED) is 0.776. The van der Waals surface area contributed by atoms with Crippen molar-refractivity contribution in [3.8, 4) is 0 Å². The molecule has 0 aliphatic rings. The van der Waals surface area contributed by atoms with Crippen LogP contribution in [0.5, 0.6) is 0 Å². The number of halogens is 1. The van der Waals surface area contributed by atoms with Crippen molar-refractivity contribution in [1.82, 2.24) is 4.90 Å². The van der Waals surface area contributed by atoms with Crippen molar-refractivity contribution in [3.63, 3.8) is 0 Å². The van der Waals surface area contributed by atoms with Gasteiger partial charge in [0.1, 0.15) is 11.5 Å². The van der Waals surface area contributed by atoms with Crippen LogP contribution in [0.15, 0.2) is 4.42 Å². The zero-order chi connectivity index (χ0) is 13.2. The lowest BCUT2D eigenvalue weighted by atomic mass is 10.1. The minimum atomic E-state index is 0.00694. The highest BCUT2D eigenvalue weighted by Gasteiger charge is 2.24. The van der Waals surface area contributed by atoms with Crippen LogP contribution in [0.25, 0.3) is 0 Å². The van der Waals surface area contributed by atoms with Gasteiger partial charge in [-0.2, -0.15) is 0 Å². The second kappa shape index (κ2) is 5.58. The Hall–Kier alpha value is -0.960. The lowest BCUT2D eigenvalue weighted by Crippen LogP contribution is -2.38. The molecule has 1 amide bonds. The summed E-state index contributed by atoms with van der Waals surface area (Å²) in [6.07, 6.45) is 0. The van der Waals surface area contributed by atoms with Crippen molar-refractivity contribution >= 4 is 17.5 Å². The second-order valence-electron chi connectivity index (χ2n) is 4.50. The van der Waals surface area contributed by atoms with Crippen molar-refractivity contribution in [2.75, 3.05) is 12.4 Å². The highest BCUT2D eigenvalue weighted by atomic mass is 35.5. The highest BCUT2D eigenvalue weighted by Crippen LogP contribution is 2.23. The number of carbonyl (C=O) groups excluding carboxylic acids is 1. The van der Waals surface area contributed by atoms with Gasteiger partial charge in [0.2, 0.25) is 0 Å². The molecule has 0 N–H and O–H groups in total. The summed E-state index contributed by atoms with van der Waals surface area (Å²) < 4.78 is 5.49. The normalized spacial score (nSPS) is 11.0. The molecule has 0 spiro atoms. The molecule has 0 aliphatic heterocycles. The van der Waals surface area contributed by atoms with E-state index in [1.54, 1.807) is 4.90 Å². The van der Waals surface area contributed by atoms with E-state index in [1.165, 1.54) is 0 Å². The molecule has 0 aromatic carbocycles. The summed E-state index contributed by atoms with van der Waals surface area (Å²) in [6.45, 7) is 10.1. The molecule has 1 aromatic rings. The Kier molecular flexibility index (Phi) is 4.63. The smallest absolute Gasteiger partial charge is 0.257 e. The molecule has 0 unspecified atom stereocenters. The van der Waals surface area contributed by atoms with E-state index in [1.807, 2.05) is 34.6 Å². The van der Waals surface area contributed by atoms with Gasteiger partial charge in [0, 0.05) is 24.0 Å². The average Bonchev–Trinajstić information content (AvgIpc) is 2.48. The predicted octanol–water partition coefficient (Wildman–Crippen LogP) is 3.29. The monoisotopic (exact) mass is 257 g/mol. The Morgan fingerprint density at radius 3 is 2.24 bits per heavy atom. The maximum absolute atomic E-state index is 12.4. The molecule has 0 aliphatic carbocycles. The van der Waals surface area contributed by atoms with Gasteiger partial charge in [0.25, 0.3) is 5.91 Å². The van der Waals surface area contributed by atoms with Crippen LogP contribution in [0.3, 0.4) is 0 Å². The van der Waals surface area contributed by atoms with Crippen molar-refractivity contribution in [3.05, 3.63) is 22.6 Å². The summed E-state index contributed by atoms with van der Waals surface area (Å²) in [5, 5.41) is 0. The molecule has 4 heteroatoms. The van der Waals surface area contributed by atoms with Gasteiger partial charge < -0.3 is 9.32 Å². The minimum Gasteiger partial charge on any atom is -0.466 e. The third-order valence-corrected chi connectivity index (χ3v) is 3.15. The van der Waals surface area contributed by atoms with Crippen LogP contribution in [0, 0.1) is 20.8 Å². The SMILES string of the molecule is Cc1oc(C)c(C(=O)N(CCCl)C(C)C)c1C. The molecule has 0 fully saturated rings. The van der Waals surface area contributed by atoms with Crippen LogP contribution in [-0.4, -0.2) is 29.3 Å². The van der Waals surface area contributed by atoms with E-state index in [9.17, 15) is 4.79 Å². The Morgan fingerprint density at radius 1 is 1.29 bits per heavy atom. The van der Waals surface area contributed by atoms with Crippen molar-refractivity contribution in [2.45, 2.75) is 40.7 Å². The van der Waals surface area contributed by atoms with E-state index < -0.39 is 0 Å². The first-order valence-electron chi connectivity index (χ1n) is 5.83. The van der Waals surface area contributed by atoms with Crippen LogP contribution in [-0.2, 0) is 0 Å². The van der Waals surface area contributed by atoms with Gasteiger partial charge >= 0.3 is 0 Å². The molecule has 1 heterocycles. The maximum atomic E-state index is 12.4. The summed E-state index contributed by atoms with van der Waals surface area (Å²) in [7, 11) is 0. The number of furan rings is 1. The molecule has 0 atom stereocenters. The van der Waals surface area contributed by atoms with Gasteiger partial charge in [-0.15, -0.1) is 11.6 Å². The van der Waals surface area contributed by atoms with E-state index in [0.29, 0.717) is 23.7 Å². The summed E-state index contributed by atoms with van der Waals surface area (Å²) in [5.74, 6) is 1.94. The summed E-state index contributed by atoms with van der Waals surface area (Å²) in [5.41, 5.74) is 1.61. The van der Waals surface area contributed by atoms with Crippen LogP contribution >= 0.6 is 11.6 Å². The van der Waals surface area contributed by atoms with E-state index >= 15 is 0 Å². The number of hydrogen-bond acceptors (Lipinski definition) is 2. The largest absolute Gasteiger partial charge is 0.466 e. The van der Waals surface area contributed by atoms with Gasteiger partial charge in [-0.3, -0.25) is 4.79 Å². The van der Waals surface area contributed by atoms with Crippen molar-refractivity contribution in [1.29, 1.82) is 0 Å². The third-order valence-electron chi connectivity index (χ3n) is 2.98. The number of alkyl halides is 1. The van der Waals surface area contributed by atoms with Gasteiger partial charge in [-0.05, 0) is 34.6 Å². The van der Waals surface area contributed by atoms with Crippen LogP contribution in [0.2, 0.25) is 0 Å². The second-order valence-corrected chi connectivity index (χ2v) is 4.87. The van der Waals surface area contributed by atoms with E-state index in [4.69, 9.17) is 16.0 Å². The first kappa shape index (κ1) is 14.1. The van der Waals surface area contributed by atoms with Crippen LogP contribution in [0.4, 0.5) is 0 Å². The highest BCUT2D eigenvalue weighted by molar-refractivity contribution is 6.18. The number of amides is 1. The number of rotatable bonds is 4. The average molecular weight is 258 g/mol. The van der Waals surface area contributed by atoms with Gasteiger partial charge in [0.05, 0.1) is 5.56 Å². The lowest BCUT2D eigenvalue weighted by molar-refractivity contribution is 0.0716. The van der Waals surface area contributed by atoms with E-state index in [2.05, 4.69) is 0 Å². The molecular weight excluding hydrogens is 238 g/mol. The number of nitrogens with zero attached hydrogens (tertiary/aromatic N) is 1. The predicted molar refractivity (Wildman–Crippen MR) is 69.8 cm³/mol. The first-order valence-corrected chi connectivity index (χ1v) is 6.37. The van der Waals surface area contributed by atoms with Gasteiger partial charge in [-0.25, -0.2) is 0 Å². The number of carbonyl (C=O) groups is 1. The third kappa shape index (κ3) is 2.83. The van der Waals surface area contributed by atoms with Crippen molar-refractivity contribution in [2.24, 2.45) is 0 Å². The molecule has 3 nitrogen and oxygen atoms in total. The molecule has 1 aromatic heterocycles. The zero-order valence-electron chi connectivity index (χ0n) is 11.1. The van der Waals surface area contributed by atoms with Gasteiger partial charge in [-0.1, -0.05) is 0 Å². The fourth-order valence-corrected chi connectivity index (χ4v) is 2.12. The van der Waals surface area contributed by atoms with Crippen molar-refractivity contribution < 1.29 is 9.21 Å². The molecule has 1 rings (SSSR count). The summed E-state index contributed by atoms with van der Waals surface area (Å²) in [6, 6.07) is 0.134. The summed E-state index contributed by atoms with van der Waals surface area (Å²) in [4.78, 5) is 14.2. The van der Waals surface area contributed by atoms with Crippen LogP contribution in [0.1, 0.15) is 41.3 Å². The number of hydrogen-bond donors (Lipinski definition) is 0. The molecular formula is C13H20ClNO2. The van der Waals surface area contributed by atoms with E-state index in [-0.39, 0.29) is 11.9 Å². The molecule has 0 radical (unpaired) electrons. The Balaban J connectivity index is 3.09. The molecule has 0 saturated heterocycles. The maximum Gasteiger partial charge on any atom is 0.257 e. The fourth-order valence-electron chi connectivity index (χ4n) is 1.94. The number of aryl methyl sites for hydroxylation is 2. The lowest BCUT2D eigenvalue weighted by Gasteiger charge is -2.26. The Bertz CT molecular complexity index is 410. The zero-order valence-corrected chi connectivity index (χ0v) is 11.9. The minimum absolute atomic E-state index is 0.00694.